The molecule has 2 saturated heterocycles. The monoisotopic (exact) mass is 364 g/mol. The predicted molar refractivity (Wildman–Crippen MR) is 93.8 cm³/mol. The van der Waals surface area contributed by atoms with E-state index in [4.69, 9.17) is 4.74 Å². The molecule has 0 spiro atoms. The second-order valence-electron chi connectivity index (χ2n) is 6.50. The molecule has 0 aliphatic carbocycles. The van der Waals surface area contributed by atoms with Gasteiger partial charge in [0.15, 0.2) is 0 Å². The number of hydrogen-bond acceptors (Lipinski definition) is 6. The van der Waals surface area contributed by atoms with Gasteiger partial charge in [0.25, 0.3) is 0 Å². The van der Waals surface area contributed by atoms with Crippen molar-refractivity contribution in [2.24, 2.45) is 11.8 Å². The van der Waals surface area contributed by atoms with E-state index in [0.717, 1.165) is 4.88 Å². The number of thiophene rings is 1. The summed E-state index contributed by atoms with van der Waals surface area (Å²) in [5.74, 6) is -2.13. The minimum atomic E-state index is -1.14. The highest BCUT2D eigenvalue weighted by Gasteiger charge is 2.68. The summed E-state index contributed by atoms with van der Waals surface area (Å²) in [5.41, 5.74) is -1.14. The molecule has 1 aromatic heterocycles. The van der Waals surface area contributed by atoms with Crippen molar-refractivity contribution in [2.45, 2.75) is 45.2 Å². The second kappa shape index (κ2) is 6.88. The van der Waals surface area contributed by atoms with Crippen LogP contribution in [0.15, 0.2) is 17.5 Å². The zero-order chi connectivity index (χ0) is 18.2. The van der Waals surface area contributed by atoms with Crippen LogP contribution >= 0.6 is 11.3 Å². The lowest BCUT2D eigenvalue weighted by Gasteiger charge is -2.32. The lowest BCUT2D eigenvalue weighted by molar-refractivity contribution is -0.156. The first-order valence-electron chi connectivity index (χ1n) is 8.85. The topological polar surface area (TPSA) is 75.7 Å². The van der Waals surface area contributed by atoms with Crippen LogP contribution in [-0.4, -0.2) is 41.4 Å². The standard InChI is InChI=1S/C18H24N2O4S/c1-4-9-18(17(23)24-6-3)13-12(15(21)20(5-2)16(13)22)14(19-18)11-8-7-10-25-11/h7-8,10,12-14,19H,4-6,9H2,1-3H3/t12-,13-,14-,18+/m1/s1. The Hall–Kier alpha value is -1.73. The molecule has 25 heavy (non-hydrogen) atoms. The van der Waals surface area contributed by atoms with E-state index in [-0.39, 0.29) is 24.5 Å². The average molecular weight is 364 g/mol. The van der Waals surface area contributed by atoms with E-state index < -0.39 is 23.3 Å². The fourth-order valence-corrected chi connectivity index (χ4v) is 5.08. The van der Waals surface area contributed by atoms with Gasteiger partial charge in [0.1, 0.15) is 5.54 Å². The quantitative estimate of drug-likeness (QED) is 0.618. The number of amides is 2. The van der Waals surface area contributed by atoms with Gasteiger partial charge in [0.05, 0.1) is 24.5 Å². The van der Waals surface area contributed by atoms with E-state index in [9.17, 15) is 14.4 Å². The van der Waals surface area contributed by atoms with Crippen LogP contribution in [0.4, 0.5) is 0 Å². The number of esters is 1. The molecule has 1 N–H and O–H groups in total. The molecule has 2 amide bonds. The number of carbonyl (C=O) groups is 3. The number of hydrogen-bond donors (Lipinski definition) is 1. The van der Waals surface area contributed by atoms with Gasteiger partial charge in [-0.3, -0.25) is 24.6 Å². The minimum absolute atomic E-state index is 0.189. The summed E-state index contributed by atoms with van der Waals surface area (Å²) >= 11 is 1.53. The Kier molecular flexibility index (Phi) is 4.97. The number of imide groups is 1. The third kappa shape index (κ3) is 2.60. The molecule has 4 atom stereocenters. The number of nitrogens with one attached hydrogen (secondary N) is 1. The normalized spacial score (nSPS) is 31.5. The number of ether oxygens (including phenoxy) is 1. The Bertz CT molecular complexity index is 675. The molecule has 7 heteroatoms. The Morgan fingerprint density at radius 3 is 2.64 bits per heavy atom. The van der Waals surface area contributed by atoms with Crippen LogP contribution in [0.2, 0.25) is 0 Å². The fourth-order valence-electron chi connectivity index (χ4n) is 4.26. The van der Waals surface area contributed by atoms with Gasteiger partial charge in [-0.1, -0.05) is 19.4 Å². The SMILES string of the molecule is CCC[C@]1(C(=O)OCC)N[C@H](c2cccs2)[C@@H]2C(=O)N(CC)C(=O)[C@@H]21. The van der Waals surface area contributed by atoms with Gasteiger partial charge in [0.2, 0.25) is 11.8 Å². The van der Waals surface area contributed by atoms with E-state index >= 15 is 0 Å². The van der Waals surface area contributed by atoms with Gasteiger partial charge in [-0.15, -0.1) is 11.3 Å². The summed E-state index contributed by atoms with van der Waals surface area (Å²) in [6, 6.07) is 3.52. The highest BCUT2D eigenvalue weighted by molar-refractivity contribution is 7.10. The molecule has 0 saturated carbocycles. The Labute approximate surface area is 151 Å². The fraction of sp³-hybridized carbons (Fsp3) is 0.611. The van der Waals surface area contributed by atoms with Gasteiger partial charge in [0, 0.05) is 11.4 Å². The van der Waals surface area contributed by atoms with Gasteiger partial charge in [-0.25, -0.2) is 0 Å². The van der Waals surface area contributed by atoms with Crippen molar-refractivity contribution in [2.75, 3.05) is 13.2 Å². The number of fused-ring (bicyclic) bond motifs is 1. The first kappa shape index (κ1) is 18.1. The molecule has 0 bridgehead atoms. The van der Waals surface area contributed by atoms with Gasteiger partial charge in [-0.2, -0.15) is 0 Å². The molecule has 1 aromatic rings. The summed E-state index contributed by atoms with van der Waals surface area (Å²) in [4.78, 5) is 41.1. The maximum Gasteiger partial charge on any atom is 0.327 e. The summed E-state index contributed by atoms with van der Waals surface area (Å²) in [6.45, 7) is 6.07. The van der Waals surface area contributed by atoms with Gasteiger partial charge in [-0.05, 0) is 31.7 Å². The van der Waals surface area contributed by atoms with E-state index in [2.05, 4.69) is 5.32 Å². The Morgan fingerprint density at radius 1 is 1.32 bits per heavy atom. The lowest BCUT2D eigenvalue weighted by atomic mass is 9.77. The molecule has 0 aromatic carbocycles. The van der Waals surface area contributed by atoms with Gasteiger partial charge >= 0.3 is 5.97 Å². The third-order valence-electron chi connectivity index (χ3n) is 5.20. The van der Waals surface area contributed by atoms with Crippen LogP contribution in [0.3, 0.4) is 0 Å². The van der Waals surface area contributed by atoms with E-state index in [1.54, 1.807) is 13.8 Å². The molecule has 0 unspecified atom stereocenters. The molecular formula is C18H24N2O4S. The third-order valence-corrected chi connectivity index (χ3v) is 6.15. The van der Waals surface area contributed by atoms with E-state index in [1.807, 2.05) is 24.4 Å². The smallest absolute Gasteiger partial charge is 0.327 e. The predicted octanol–water partition coefficient (Wildman–Crippen LogP) is 2.12. The van der Waals surface area contributed by atoms with Crippen LogP contribution < -0.4 is 5.32 Å². The molecule has 2 aliphatic rings. The first-order chi connectivity index (χ1) is 12.0. The molecule has 136 valence electrons. The van der Waals surface area contributed by atoms with Crippen molar-refractivity contribution >= 4 is 29.1 Å². The molecule has 3 rings (SSSR count). The number of carbonyl (C=O) groups excluding carboxylic acids is 3. The molecule has 0 radical (unpaired) electrons. The molecule has 2 aliphatic heterocycles. The molecular weight excluding hydrogens is 340 g/mol. The average Bonchev–Trinajstić information content (AvgIpc) is 3.26. The summed E-state index contributed by atoms with van der Waals surface area (Å²) in [7, 11) is 0. The van der Waals surface area contributed by atoms with E-state index in [0.29, 0.717) is 19.4 Å². The Morgan fingerprint density at radius 2 is 2.08 bits per heavy atom. The lowest BCUT2D eigenvalue weighted by Crippen LogP contribution is -2.56. The zero-order valence-corrected chi connectivity index (χ0v) is 15.6. The highest BCUT2D eigenvalue weighted by atomic mass is 32.1. The summed E-state index contributed by atoms with van der Waals surface area (Å²) in [5, 5.41) is 5.31. The zero-order valence-electron chi connectivity index (χ0n) is 14.8. The minimum Gasteiger partial charge on any atom is -0.465 e. The summed E-state index contributed by atoms with van der Waals surface area (Å²) < 4.78 is 5.33. The first-order valence-corrected chi connectivity index (χ1v) is 9.73. The molecule has 6 nitrogen and oxygen atoms in total. The Balaban J connectivity index is 2.11. The maximum atomic E-state index is 13.0. The van der Waals surface area contributed by atoms with Gasteiger partial charge < -0.3 is 4.74 Å². The highest BCUT2D eigenvalue weighted by Crippen LogP contribution is 2.51. The second-order valence-corrected chi connectivity index (χ2v) is 7.48. The van der Waals surface area contributed by atoms with Crippen LogP contribution in [-0.2, 0) is 19.1 Å². The van der Waals surface area contributed by atoms with Crippen LogP contribution in [0, 0.1) is 11.8 Å². The van der Waals surface area contributed by atoms with Crippen molar-refractivity contribution < 1.29 is 19.1 Å². The molecule has 3 heterocycles. The number of rotatable bonds is 6. The number of likely N-dealkylation sites (tertiary alicyclic amines) is 1. The maximum absolute atomic E-state index is 13.0. The van der Waals surface area contributed by atoms with Crippen molar-refractivity contribution in [1.82, 2.24) is 10.2 Å². The van der Waals surface area contributed by atoms with Crippen LogP contribution in [0.5, 0.6) is 0 Å². The molecule has 2 fully saturated rings. The van der Waals surface area contributed by atoms with Crippen LogP contribution in [0.1, 0.15) is 44.5 Å². The van der Waals surface area contributed by atoms with Crippen LogP contribution in [0.25, 0.3) is 0 Å². The van der Waals surface area contributed by atoms with Crippen molar-refractivity contribution in [3.05, 3.63) is 22.4 Å². The van der Waals surface area contributed by atoms with E-state index in [1.165, 1.54) is 16.2 Å². The largest absolute Gasteiger partial charge is 0.465 e. The van der Waals surface area contributed by atoms with Crippen molar-refractivity contribution in [3.63, 3.8) is 0 Å². The van der Waals surface area contributed by atoms with Crippen molar-refractivity contribution in [3.8, 4) is 0 Å². The summed E-state index contributed by atoms with van der Waals surface area (Å²) in [6.07, 6.45) is 1.17. The van der Waals surface area contributed by atoms with Crippen molar-refractivity contribution in [1.29, 1.82) is 0 Å². The number of nitrogens with zero attached hydrogens (tertiary/aromatic N) is 1.